The molecule has 0 atom stereocenters. The number of methoxy groups -OCH3 is 1. The maximum absolute atomic E-state index is 12.3. The Labute approximate surface area is 184 Å². The highest BCUT2D eigenvalue weighted by atomic mass is 16.5. The van der Waals surface area contributed by atoms with Crippen LogP contribution in [-0.4, -0.2) is 44.4 Å². The first-order chi connectivity index (χ1) is 15.4. The summed E-state index contributed by atoms with van der Waals surface area (Å²) in [5, 5.41) is 12.9. The van der Waals surface area contributed by atoms with Crippen LogP contribution in [-0.2, 0) is 6.61 Å². The van der Waals surface area contributed by atoms with E-state index in [9.17, 15) is 9.59 Å². The first-order valence-electron chi connectivity index (χ1n) is 9.61. The van der Waals surface area contributed by atoms with Gasteiger partial charge < -0.3 is 23.9 Å². The molecule has 9 nitrogen and oxygen atoms in total. The van der Waals surface area contributed by atoms with Crippen molar-refractivity contribution in [2.75, 3.05) is 26.1 Å². The molecule has 3 rings (SSSR count). The van der Waals surface area contributed by atoms with Gasteiger partial charge in [0, 0.05) is 25.3 Å². The Kier molecular flexibility index (Phi) is 7.12. The maximum atomic E-state index is 12.3. The topological polar surface area (TPSA) is 114 Å². The molecule has 0 saturated carbocycles. The average Bonchev–Trinajstić information content (AvgIpc) is 3.27. The third kappa shape index (κ3) is 5.66. The number of hydrazone groups is 1. The Morgan fingerprint density at radius 2 is 1.94 bits per heavy atom. The van der Waals surface area contributed by atoms with E-state index in [1.165, 1.54) is 25.5 Å². The molecule has 3 aromatic rings. The van der Waals surface area contributed by atoms with Crippen molar-refractivity contribution in [3.05, 3.63) is 77.2 Å². The highest BCUT2D eigenvalue weighted by Gasteiger charge is 2.11. The number of carboxylic acids is 1. The second kappa shape index (κ2) is 10.2. The van der Waals surface area contributed by atoms with Crippen LogP contribution in [0.4, 0.5) is 5.69 Å². The van der Waals surface area contributed by atoms with Gasteiger partial charge in [0.25, 0.3) is 5.91 Å². The summed E-state index contributed by atoms with van der Waals surface area (Å²) in [6.07, 6.45) is 1.49. The molecule has 0 fully saturated rings. The first kappa shape index (κ1) is 22.4. The molecule has 0 radical (unpaired) electrons. The standard InChI is InChI=1S/C23H23N3O6/c1-26(2)17-6-4-5-16(12-17)22(27)25-24-13-15-7-9-19(21(11-15)30-3)31-14-18-8-10-20(32-18)23(28)29/h4-13H,14H2,1-3H3,(H,25,27)(H,28,29). The molecule has 1 amide bonds. The lowest BCUT2D eigenvalue weighted by Gasteiger charge is -2.12. The lowest BCUT2D eigenvalue weighted by Crippen LogP contribution is -2.18. The second-order valence-electron chi connectivity index (χ2n) is 6.91. The summed E-state index contributed by atoms with van der Waals surface area (Å²) in [6.45, 7) is 0.0408. The van der Waals surface area contributed by atoms with E-state index in [0.717, 1.165) is 5.69 Å². The molecule has 9 heteroatoms. The van der Waals surface area contributed by atoms with E-state index >= 15 is 0 Å². The summed E-state index contributed by atoms with van der Waals surface area (Å²) in [5.41, 5.74) is 4.60. The molecule has 0 spiro atoms. The molecular weight excluding hydrogens is 414 g/mol. The first-order valence-corrected chi connectivity index (χ1v) is 9.61. The van der Waals surface area contributed by atoms with Crippen molar-refractivity contribution >= 4 is 23.8 Å². The number of carbonyl (C=O) groups excluding carboxylic acids is 1. The van der Waals surface area contributed by atoms with E-state index in [2.05, 4.69) is 10.5 Å². The van der Waals surface area contributed by atoms with Crippen LogP contribution in [0.15, 0.2) is 64.1 Å². The number of amides is 1. The van der Waals surface area contributed by atoms with Crippen molar-refractivity contribution in [1.82, 2.24) is 5.43 Å². The van der Waals surface area contributed by atoms with Gasteiger partial charge in [-0.2, -0.15) is 5.10 Å². The number of benzene rings is 2. The fraction of sp³-hybridized carbons (Fsp3) is 0.174. The highest BCUT2D eigenvalue weighted by molar-refractivity contribution is 5.95. The predicted molar refractivity (Wildman–Crippen MR) is 119 cm³/mol. The zero-order valence-corrected chi connectivity index (χ0v) is 17.9. The van der Waals surface area contributed by atoms with Gasteiger partial charge in [0.15, 0.2) is 11.5 Å². The van der Waals surface area contributed by atoms with Crippen LogP contribution >= 0.6 is 0 Å². The van der Waals surface area contributed by atoms with Crippen LogP contribution in [0.2, 0.25) is 0 Å². The summed E-state index contributed by atoms with van der Waals surface area (Å²) in [6, 6.07) is 15.2. The number of carboxylic acid groups (broad SMARTS) is 1. The van der Waals surface area contributed by atoms with E-state index in [0.29, 0.717) is 28.4 Å². The normalized spacial score (nSPS) is 10.7. The summed E-state index contributed by atoms with van der Waals surface area (Å²) in [4.78, 5) is 25.1. The largest absolute Gasteiger partial charge is 0.493 e. The Hall–Kier alpha value is -4.27. The number of furan rings is 1. The van der Waals surface area contributed by atoms with Crippen LogP contribution in [0.3, 0.4) is 0 Å². The zero-order chi connectivity index (χ0) is 23.1. The lowest BCUT2D eigenvalue weighted by molar-refractivity contribution is 0.0657. The average molecular weight is 437 g/mol. The maximum Gasteiger partial charge on any atom is 0.371 e. The minimum Gasteiger partial charge on any atom is -0.493 e. The molecule has 0 saturated heterocycles. The number of aromatic carboxylic acids is 1. The molecule has 1 heterocycles. The van der Waals surface area contributed by atoms with Gasteiger partial charge in [0.05, 0.1) is 13.3 Å². The number of anilines is 1. The van der Waals surface area contributed by atoms with Gasteiger partial charge in [0.1, 0.15) is 12.4 Å². The highest BCUT2D eigenvalue weighted by Crippen LogP contribution is 2.28. The third-order valence-electron chi connectivity index (χ3n) is 4.43. The van der Waals surface area contributed by atoms with E-state index in [4.69, 9.17) is 19.0 Å². The summed E-state index contributed by atoms with van der Waals surface area (Å²) >= 11 is 0. The van der Waals surface area contributed by atoms with Gasteiger partial charge in [-0.25, -0.2) is 10.2 Å². The summed E-state index contributed by atoms with van der Waals surface area (Å²) < 4.78 is 16.2. The number of carbonyl (C=O) groups is 2. The van der Waals surface area contributed by atoms with Crippen LogP contribution in [0.25, 0.3) is 0 Å². The van der Waals surface area contributed by atoms with Gasteiger partial charge in [-0.3, -0.25) is 4.79 Å². The van der Waals surface area contributed by atoms with E-state index in [1.807, 2.05) is 31.1 Å². The number of rotatable bonds is 9. The molecule has 2 aromatic carbocycles. The SMILES string of the molecule is COc1cc(C=NNC(=O)c2cccc(N(C)C)c2)ccc1OCc1ccc(C(=O)O)o1. The van der Waals surface area contributed by atoms with Gasteiger partial charge in [-0.05, 0) is 54.1 Å². The smallest absolute Gasteiger partial charge is 0.371 e. The van der Waals surface area contributed by atoms with E-state index < -0.39 is 5.97 Å². The van der Waals surface area contributed by atoms with Gasteiger partial charge in [-0.1, -0.05) is 6.07 Å². The quantitative estimate of drug-likeness (QED) is 0.390. The van der Waals surface area contributed by atoms with Crippen molar-refractivity contribution in [2.24, 2.45) is 5.10 Å². The Balaban J connectivity index is 1.62. The minimum absolute atomic E-state index is 0.0408. The Morgan fingerprint density at radius 1 is 1.12 bits per heavy atom. The van der Waals surface area contributed by atoms with Crippen molar-refractivity contribution in [3.63, 3.8) is 0 Å². The third-order valence-corrected chi connectivity index (χ3v) is 4.43. The number of ether oxygens (including phenoxy) is 2. The number of nitrogens with zero attached hydrogens (tertiary/aromatic N) is 2. The van der Waals surface area contributed by atoms with Gasteiger partial charge >= 0.3 is 5.97 Å². The van der Waals surface area contributed by atoms with E-state index in [-0.39, 0.29) is 18.3 Å². The van der Waals surface area contributed by atoms with Gasteiger partial charge in [-0.15, -0.1) is 0 Å². The molecule has 32 heavy (non-hydrogen) atoms. The molecule has 0 unspecified atom stereocenters. The predicted octanol–water partition coefficient (Wildman–Crippen LogP) is 3.40. The second-order valence-corrected chi connectivity index (χ2v) is 6.91. The van der Waals surface area contributed by atoms with Gasteiger partial charge in [0.2, 0.25) is 5.76 Å². The molecule has 2 N–H and O–H groups in total. The fourth-order valence-electron chi connectivity index (χ4n) is 2.76. The van der Waals surface area contributed by atoms with Crippen LogP contribution in [0, 0.1) is 0 Å². The van der Waals surface area contributed by atoms with Crippen LogP contribution in [0.5, 0.6) is 11.5 Å². The van der Waals surface area contributed by atoms with Crippen molar-refractivity contribution in [1.29, 1.82) is 0 Å². The fourth-order valence-corrected chi connectivity index (χ4v) is 2.76. The van der Waals surface area contributed by atoms with Crippen LogP contribution in [0.1, 0.15) is 32.2 Å². The van der Waals surface area contributed by atoms with Crippen molar-refractivity contribution in [2.45, 2.75) is 6.61 Å². The number of nitrogens with one attached hydrogen (secondary N) is 1. The monoisotopic (exact) mass is 437 g/mol. The lowest BCUT2D eigenvalue weighted by atomic mass is 10.2. The zero-order valence-electron chi connectivity index (χ0n) is 17.9. The van der Waals surface area contributed by atoms with Crippen molar-refractivity contribution < 1.29 is 28.6 Å². The molecule has 0 aliphatic rings. The summed E-state index contributed by atoms with van der Waals surface area (Å²) in [7, 11) is 5.30. The van der Waals surface area contributed by atoms with E-state index in [1.54, 1.807) is 30.3 Å². The molecule has 0 bridgehead atoms. The summed E-state index contributed by atoms with van der Waals surface area (Å²) in [5.74, 6) is -0.355. The molecular formula is C23H23N3O6. The molecule has 0 aliphatic carbocycles. The Bertz CT molecular complexity index is 1140. The number of hydrogen-bond acceptors (Lipinski definition) is 7. The number of hydrogen-bond donors (Lipinski definition) is 2. The molecule has 166 valence electrons. The molecule has 1 aromatic heterocycles. The Morgan fingerprint density at radius 3 is 2.62 bits per heavy atom. The minimum atomic E-state index is -1.14. The molecule has 0 aliphatic heterocycles. The van der Waals surface area contributed by atoms with Crippen LogP contribution < -0.4 is 19.8 Å². The van der Waals surface area contributed by atoms with Crippen molar-refractivity contribution in [3.8, 4) is 11.5 Å².